The van der Waals surface area contributed by atoms with Gasteiger partial charge >= 0.3 is 0 Å². The van der Waals surface area contributed by atoms with Crippen molar-refractivity contribution >= 4 is 0 Å². The van der Waals surface area contributed by atoms with E-state index in [2.05, 4.69) is 52.1 Å². The SMILES string of the molecule is CCNC(C)c1ccc(OCCC(C)(C)C)c(OC)c1. The summed E-state index contributed by atoms with van der Waals surface area (Å²) in [7, 11) is 1.69. The van der Waals surface area contributed by atoms with Crippen molar-refractivity contribution in [3.8, 4) is 11.5 Å². The van der Waals surface area contributed by atoms with Gasteiger partial charge in [0.25, 0.3) is 0 Å². The molecule has 0 fully saturated rings. The second kappa shape index (κ2) is 7.53. The highest BCUT2D eigenvalue weighted by Gasteiger charge is 2.13. The second-order valence-corrected chi connectivity index (χ2v) is 6.35. The van der Waals surface area contributed by atoms with E-state index in [0.717, 1.165) is 24.5 Å². The number of hydrogen-bond acceptors (Lipinski definition) is 3. The Morgan fingerprint density at radius 3 is 2.45 bits per heavy atom. The van der Waals surface area contributed by atoms with Crippen molar-refractivity contribution in [2.75, 3.05) is 20.3 Å². The molecule has 0 spiro atoms. The third-order valence-electron chi connectivity index (χ3n) is 3.31. The normalized spacial score (nSPS) is 13.1. The predicted molar refractivity (Wildman–Crippen MR) is 84.7 cm³/mol. The maximum absolute atomic E-state index is 5.85. The molecule has 0 saturated carbocycles. The number of rotatable bonds is 7. The molecule has 1 unspecified atom stereocenters. The molecule has 0 saturated heterocycles. The predicted octanol–water partition coefficient (Wildman–Crippen LogP) is 4.18. The van der Waals surface area contributed by atoms with Gasteiger partial charge in [-0.1, -0.05) is 33.8 Å². The van der Waals surface area contributed by atoms with Gasteiger partial charge in [-0.15, -0.1) is 0 Å². The molecule has 1 aromatic rings. The van der Waals surface area contributed by atoms with Gasteiger partial charge in [-0.2, -0.15) is 0 Å². The molecule has 0 aliphatic heterocycles. The lowest BCUT2D eigenvalue weighted by Crippen LogP contribution is -2.17. The molecule has 20 heavy (non-hydrogen) atoms. The topological polar surface area (TPSA) is 30.5 Å². The van der Waals surface area contributed by atoms with Crippen LogP contribution in [0.25, 0.3) is 0 Å². The summed E-state index contributed by atoms with van der Waals surface area (Å²) in [4.78, 5) is 0. The molecule has 3 nitrogen and oxygen atoms in total. The Morgan fingerprint density at radius 2 is 1.90 bits per heavy atom. The standard InChI is InChI=1S/C17H29NO2/c1-7-18-13(2)14-8-9-15(16(12-14)19-6)20-11-10-17(3,4)5/h8-9,12-13,18H,7,10-11H2,1-6H3. The van der Waals surface area contributed by atoms with Gasteiger partial charge in [-0.05, 0) is 43.0 Å². The van der Waals surface area contributed by atoms with E-state index in [4.69, 9.17) is 9.47 Å². The molecule has 1 aromatic carbocycles. The van der Waals surface area contributed by atoms with Crippen molar-refractivity contribution in [1.82, 2.24) is 5.32 Å². The lowest BCUT2D eigenvalue weighted by atomic mass is 9.93. The van der Waals surface area contributed by atoms with E-state index in [0.29, 0.717) is 12.6 Å². The first kappa shape index (κ1) is 16.8. The summed E-state index contributed by atoms with van der Waals surface area (Å²) in [5.41, 5.74) is 1.50. The van der Waals surface area contributed by atoms with Gasteiger partial charge in [0.15, 0.2) is 11.5 Å². The van der Waals surface area contributed by atoms with E-state index in [9.17, 15) is 0 Å². The van der Waals surface area contributed by atoms with Crippen LogP contribution in [0.15, 0.2) is 18.2 Å². The molecule has 0 radical (unpaired) electrons. The van der Waals surface area contributed by atoms with E-state index in [1.165, 1.54) is 5.56 Å². The first-order chi connectivity index (χ1) is 9.37. The summed E-state index contributed by atoms with van der Waals surface area (Å²) < 4.78 is 11.3. The van der Waals surface area contributed by atoms with Gasteiger partial charge in [0.2, 0.25) is 0 Å². The quantitative estimate of drug-likeness (QED) is 0.812. The third-order valence-corrected chi connectivity index (χ3v) is 3.31. The Hall–Kier alpha value is -1.22. The fraction of sp³-hybridized carbons (Fsp3) is 0.647. The van der Waals surface area contributed by atoms with Crippen LogP contribution in [0.5, 0.6) is 11.5 Å². The molecule has 1 N–H and O–H groups in total. The Labute approximate surface area is 123 Å². The van der Waals surface area contributed by atoms with Crippen LogP contribution in [0.2, 0.25) is 0 Å². The lowest BCUT2D eigenvalue weighted by molar-refractivity contribution is 0.234. The lowest BCUT2D eigenvalue weighted by Gasteiger charge is -2.20. The van der Waals surface area contributed by atoms with E-state index in [1.54, 1.807) is 7.11 Å². The highest BCUT2D eigenvalue weighted by Crippen LogP contribution is 2.31. The van der Waals surface area contributed by atoms with Crippen molar-refractivity contribution in [3.63, 3.8) is 0 Å². The first-order valence-corrected chi connectivity index (χ1v) is 7.41. The van der Waals surface area contributed by atoms with Crippen LogP contribution < -0.4 is 14.8 Å². The van der Waals surface area contributed by atoms with Crippen molar-refractivity contribution < 1.29 is 9.47 Å². The summed E-state index contributed by atoms with van der Waals surface area (Å²) in [6, 6.07) is 6.48. The van der Waals surface area contributed by atoms with Crippen LogP contribution >= 0.6 is 0 Å². The van der Waals surface area contributed by atoms with E-state index in [1.807, 2.05) is 6.07 Å². The van der Waals surface area contributed by atoms with Crippen LogP contribution in [0.4, 0.5) is 0 Å². The molecule has 114 valence electrons. The smallest absolute Gasteiger partial charge is 0.161 e. The molecular formula is C17H29NO2. The molecule has 3 heteroatoms. The van der Waals surface area contributed by atoms with Crippen LogP contribution in [0, 0.1) is 5.41 Å². The van der Waals surface area contributed by atoms with Crippen molar-refractivity contribution in [2.45, 2.75) is 47.1 Å². The fourth-order valence-corrected chi connectivity index (χ4v) is 1.96. The number of nitrogens with one attached hydrogen (secondary N) is 1. The van der Waals surface area contributed by atoms with E-state index < -0.39 is 0 Å². The Kier molecular flexibility index (Phi) is 6.34. The largest absolute Gasteiger partial charge is 0.493 e. The van der Waals surface area contributed by atoms with Gasteiger partial charge in [-0.25, -0.2) is 0 Å². The molecule has 1 atom stereocenters. The summed E-state index contributed by atoms with van der Waals surface area (Å²) >= 11 is 0. The first-order valence-electron chi connectivity index (χ1n) is 7.41. The molecule has 0 aliphatic carbocycles. The Morgan fingerprint density at radius 1 is 1.20 bits per heavy atom. The summed E-state index contributed by atoms with van der Waals surface area (Å²) in [6.45, 7) is 12.6. The monoisotopic (exact) mass is 279 g/mol. The second-order valence-electron chi connectivity index (χ2n) is 6.35. The van der Waals surface area contributed by atoms with Gasteiger partial charge in [0, 0.05) is 6.04 Å². The van der Waals surface area contributed by atoms with Gasteiger partial charge in [-0.3, -0.25) is 0 Å². The van der Waals surface area contributed by atoms with Gasteiger partial charge < -0.3 is 14.8 Å². The van der Waals surface area contributed by atoms with E-state index in [-0.39, 0.29) is 5.41 Å². The van der Waals surface area contributed by atoms with Crippen LogP contribution in [0.1, 0.15) is 52.6 Å². The van der Waals surface area contributed by atoms with Crippen LogP contribution in [-0.2, 0) is 0 Å². The van der Waals surface area contributed by atoms with Crippen molar-refractivity contribution in [1.29, 1.82) is 0 Å². The Bertz CT molecular complexity index is 410. The summed E-state index contributed by atoms with van der Waals surface area (Å²) in [5, 5.41) is 3.40. The number of benzene rings is 1. The van der Waals surface area contributed by atoms with Crippen molar-refractivity contribution in [2.24, 2.45) is 5.41 Å². The maximum atomic E-state index is 5.85. The van der Waals surface area contributed by atoms with Gasteiger partial charge in [0.05, 0.1) is 13.7 Å². The number of ether oxygens (including phenoxy) is 2. The minimum Gasteiger partial charge on any atom is -0.493 e. The van der Waals surface area contributed by atoms with E-state index >= 15 is 0 Å². The fourth-order valence-electron chi connectivity index (χ4n) is 1.96. The number of hydrogen-bond donors (Lipinski definition) is 1. The summed E-state index contributed by atoms with van der Waals surface area (Å²) in [5.74, 6) is 1.63. The molecule has 0 aromatic heterocycles. The molecule has 0 amide bonds. The number of methoxy groups -OCH3 is 1. The molecule has 1 rings (SSSR count). The molecule has 0 aliphatic rings. The molecular weight excluding hydrogens is 250 g/mol. The van der Waals surface area contributed by atoms with Crippen molar-refractivity contribution in [3.05, 3.63) is 23.8 Å². The zero-order valence-corrected chi connectivity index (χ0v) is 13.7. The van der Waals surface area contributed by atoms with Crippen LogP contribution in [0.3, 0.4) is 0 Å². The molecule has 0 bridgehead atoms. The van der Waals surface area contributed by atoms with Crippen LogP contribution in [-0.4, -0.2) is 20.3 Å². The zero-order chi connectivity index (χ0) is 15.2. The Balaban J connectivity index is 2.73. The third kappa shape index (κ3) is 5.41. The highest BCUT2D eigenvalue weighted by atomic mass is 16.5. The summed E-state index contributed by atoms with van der Waals surface area (Å²) in [6.07, 6.45) is 1.02. The van der Waals surface area contributed by atoms with Gasteiger partial charge in [0.1, 0.15) is 0 Å². The average molecular weight is 279 g/mol. The highest BCUT2D eigenvalue weighted by molar-refractivity contribution is 5.43. The molecule has 0 heterocycles. The maximum Gasteiger partial charge on any atom is 0.161 e. The zero-order valence-electron chi connectivity index (χ0n) is 13.7. The minimum absolute atomic E-state index is 0.284. The average Bonchev–Trinajstić information content (AvgIpc) is 2.37. The minimum atomic E-state index is 0.284.